The number of hydrogen-bond acceptors (Lipinski definition) is 6. The number of nitrogens with one attached hydrogen (secondary N) is 2. The average Bonchev–Trinajstić information content (AvgIpc) is 3.04. The number of allylic oxidation sites excluding steroid dienone is 5. The first-order valence-electron chi connectivity index (χ1n) is 10.1. The van der Waals surface area contributed by atoms with E-state index in [0.717, 1.165) is 16.9 Å². The number of aldehydes is 1. The zero-order valence-electron chi connectivity index (χ0n) is 18.1. The number of likely N-dealkylation sites (N-methyl/N-ethyl adjacent to an activating group) is 1. The van der Waals surface area contributed by atoms with Gasteiger partial charge in [0.1, 0.15) is 18.0 Å². The fourth-order valence-corrected chi connectivity index (χ4v) is 3.85. The van der Waals surface area contributed by atoms with Gasteiger partial charge in [0.05, 0.1) is 6.04 Å². The van der Waals surface area contributed by atoms with Crippen LogP contribution in [0.4, 0.5) is 9.93 Å². The molecule has 0 aromatic carbocycles. The molecule has 3 amide bonds. The Hall–Kier alpha value is -3.07. The number of rotatable bonds is 9. The molecule has 1 aliphatic rings. The number of nitrogens with zero attached hydrogens (tertiary/aromatic N) is 2. The van der Waals surface area contributed by atoms with Crippen molar-refractivity contribution in [3.8, 4) is 0 Å². The van der Waals surface area contributed by atoms with Crippen LogP contribution in [-0.4, -0.2) is 53.0 Å². The summed E-state index contributed by atoms with van der Waals surface area (Å²) >= 11 is 1.16. The zero-order valence-corrected chi connectivity index (χ0v) is 18.9. The second-order valence-electron chi connectivity index (χ2n) is 7.25. The highest BCUT2D eigenvalue weighted by Crippen LogP contribution is 2.25. The molecule has 1 heterocycles. The summed E-state index contributed by atoms with van der Waals surface area (Å²) in [5, 5.41) is 7.19. The van der Waals surface area contributed by atoms with Crippen LogP contribution in [0.1, 0.15) is 44.1 Å². The average molecular weight is 445 g/mol. The molecule has 166 valence electrons. The maximum atomic E-state index is 13.2. The smallest absolute Gasteiger partial charge is 0.318 e. The molecule has 0 bridgehead atoms. The number of anilines is 1. The van der Waals surface area contributed by atoms with Crippen molar-refractivity contribution in [1.82, 2.24) is 15.2 Å². The molecule has 0 aliphatic heterocycles. The summed E-state index contributed by atoms with van der Waals surface area (Å²) < 4.78 is 0. The van der Waals surface area contributed by atoms with Gasteiger partial charge in [-0.15, -0.1) is 11.3 Å². The van der Waals surface area contributed by atoms with Crippen molar-refractivity contribution >= 4 is 40.5 Å². The van der Waals surface area contributed by atoms with Crippen molar-refractivity contribution in [3.63, 3.8) is 0 Å². The van der Waals surface area contributed by atoms with E-state index in [2.05, 4.69) is 15.6 Å². The SMILES string of the molecule is CCC(=O)c1csc(NC(=O)[C@H](C(C)C2=CCC=CC=C2)N(C)C(=O)N[C@H](C)C=O)n1. The number of thiazole rings is 1. The highest BCUT2D eigenvalue weighted by molar-refractivity contribution is 7.14. The molecule has 0 radical (unpaired) electrons. The third-order valence-corrected chi connectivity index (χ3v) is 5.69. The minimum Gasteiger partial charge on any atom is -0.329 e. The van der Waals surface area contributed by atoms with E-state index in [1.54, 1.807) is 19.2 Å². The molecule has 1 aromatic rings. The normalized spacial score (nSPS) is 15.8. The van der Waals surface area contributed by atoms with Crippen LogP contribution in [0, 0.1) is 5.92 Å². The van der Waals surface area contributed by atoms with E-state index in [4.69, 9.17) is 0 Å². The van der Waals surface area contributed by atoms with Crippen LogP contribution in [0.5, 0.6) is 0 Å². The van der Waals surface area contributed by atoms with Gasteiger partial charge in [0, 0.05) is 24.8 Å². The van der Waals surface area contributed by atoms with Crippen LogP contribution in [0.2, 0.25) is 0 Å². The van der Waals surface area contributed by atoms with E-state index >= 15 is 0 Å². The maximum Gasteiger partial charge on any atom is 0.318 e. The topological polar surface area (TPSA) is 108 Å². The highest BCUT2D eigenvalue weighted by atomic mass is 32.1. The summed E-state index contributed by atoms with van der Waals surface area (Å²) in [6.07, 6.45) is 11.4. The molecule has 8 nitrogen and oxygen atoms in total. The number of carbonyl (C=O) groups is 4. The second kappa shape index (κ2) is 11.4. The predicted molar refractivity (Wildman–Crippen MR) is 121 cm³/mol. The molecule has 1 unspecified atom stereocenters. The van der Waals surface area contributed by atoms with Gasteiger partial charge in [-0.1, -0.05) is 44.2 Å². The molecule has 0 saturated heterocycles. The van der Waals surface area contributed by atoms with Gasteiger partial charge >= 0.3 is 6.03 Å². The zero-order chi connectivity index (χ0) is 23.0. The fourth-order valence-electron chi connectivity index (χ4n) is 3.13. The molecule has 2 N–H and O–H groups in total. The summed E-state index contributed by atoms with van der Waals surface area (Å²) in [5.74, 6) is -0.877. The molecule has 2 rings (SSSR count). The van der Waals surface area contributed by atoms with Crippen molar-refractivity contribution in [1.29, 1.82) is 0 Å². The van der Waals surface area contributed by atoms with E-state index in [1.807, 2.05) is 37.3 Å². The lowest BCUT2D eigenvalue weighted by Crippen LogP contribution is -2.53. The lowest BCUT2D eigenvalue weighted by molar-refractivity contribution is -0.121. The Balaban J connectivity index is 2.29. The molecule has 0 spiro atoms. The molecule has 0 saturated carbocycles. The largest absolute Gasteiger partial charge is 0.329 e. The molecule has 31 heavy (non-hydrogen) atoms. The molecule has 3 atom stereocenters. The Bertz CT molecular complexity index is 918. The second-order valence-corrected chi connectivity index (χ2v) is 8.11. The number of carbonyl (C=O) groups excluding carboxylic acids is 4. The minimum atomic E-state index is -0.873. The first-order valence-corrected chi connectivity index (χ1v) is 11.0. The van der Waals surface area contributed by atoms with Crippen molar-refractivity contribution < 1.29 is 19.2 Å². The third-order valence-electron chi connectivity index (χ3n) is 4.93. The summed E-state index contributed by atoms with van der Waals surface area (Å²) in [6.45, 7) is 5.17. The van der Waals surface area contributed by atoms with E-state index < -0.39 is 24.0 Å². The van der Waals surface area contributed by atoms with Crippen molar-refractivity contribution in [2.75, 3.05) is 12.4 Å². The van der Waals surface area contributed by atoms with E-state index in [0.29, 0.717) is 30.0 Å². The third kappa shape index (κ3) is 6.45. The van der Waals surface area contributed by atoms with Gasteiger partial charge in [0.15, 0.2) is 10.9 Å². The van der Waals surface area contributed by atoms with E-state index in [9.17, 15) is 19.2 Å². The number of ketones is 1. The standard InChI is InChI=1S/C22H28N4O4S/c1-5-18(28)17-13-31-21(24-17)25-20(29)19(26(4)22(30)23-14(2)12-27)15(3)16-10-8-6-7-9-11-16/h6-8,10-15,19H,5,9H2,1-4H3,(H,23,30)(H,24,25,29)/t14-,15?,19+/m1/s1. The van der Waals surface area contributed by atoms with Crippen LogP contribution in [0.15, 0.2) is 41.3 Å². The summed E-state index contributed by atoms with van der Waals surface area (Å²) in [7, 11) is 1.51. The molecule has 1 aliphatic carbocycles. The quantitative estimate of drug-likeness (QED) is 0.448. The van der Waals surface area contributed by atoms with Gasteiger partial charge in [-0.25, -0.2) is 9.78 Å². The fraction of sp³-hybridized carbons (Fsp3) is 0.409. The number of urea groups is 1. The van der Waals surface area contributed by atoms with Gasteiger partial charge in [0.2, 0.25) is 5.91 Å². The van der Waals surface area contributed by atoms with E-state index in [1.165, 1.54) is 11.9 Å². The Morgan fingerprint density at radius 2 is 2.03 bits per heavy atom. The van der Waals surface area contributed by atoms with Crippen LogP contribution < -0.4 is 10.6 Å². The Labute approximate surface area is 186 Å². The Kier molecular flexibility index (Phi) is 8.87. The summed E-state index contributed by atoms with van der Waals surface area (Å²) in [4.78, 5) is 54.2. The number of aromatic nitrogens is 1. The van der Waals surface area contributed by atoms with E-state index in [-0.39, 0.29) is 11.7 Å². The van der Waals surface area contributed by atoms with Crippen LogP contribution in [0.25, 0.3) is 0 Å². The van der Waals surface area contributed by atoms with Gasteiger partial charge in [-0.2, -0.15) is 0 Å². The van der Waals surface area contributed by atoms with Crippen molar-refractivity contribution in [2.45, 2.75) is 45.7 Å². The van der Waals surface area contributed by atoms with Crippen LogP contribution >= 0.6 is 11.3 Å². The number of hydrogen-bond donors (Lipinski definition) is 2. The number of amides is 3. The van der Waals surface area contributed by atoms with Crippen molar-refractivity contribution in [3.05, 3.63) is 47.0 Å². The molecule has 1 aromatic heterocycles. The first kappa shape index (κ1) is 24.2. The van der Waals surface area contributed by atoms with Crippen LogP contribution in [0.3, 0.4) is 0 Å². The van der Waals surface area contributed by atoms with Gasteiger partial charge in [-0.05, 0) is 18.9 Å². The molecule has 9 heteroatoms. The Morgan fingerprint density at radius 3 is 2.71 bits per heavy atom. The highest BCUT2D eigenvalue weighted by Gasteiger charge is 2.34. The molecular weight excluding hydrogens is 416 g/mol. The lowest BCUT2D eigenvalue weighted by atomic mass is 9.90. The van der Waals surface area contributed by atoms with Gasteiger partial charge in [0.25, 0.3) is 0 Å². The Morgan fingerprint density at radius 1 is 1.29 bits per heavy atom. The predicted octanol–water partition coefficient (Wildman–Crippen LogP) is 3.35. The van der Waals surface area contributed by atoms with Gasteiger partial charge in [-0.3, -0.25) is 9.59 Å². The summed E-state index contributed by atoms with van der Waals surface area (Å²) in [5.41, 5.74) is 1.22. The molecule has 0 fully saturated rings. The van der Waals surface area contributed by atoms with Crippen molar-refractivity contribution in [2.24, 2.45) is 5.92 Å². The first-order chi connectivity index (χ1) is 14.8. The minimum absolute atomic E-state index is 0.109. The number of Topliss-reactive ketones (excluding diaryl/α,β-unsaturated/α-hetero) is 1. The van der Waals surface area contributed by atoms with Crippen LogP contribution in [-0.2, 0) is 9.59 Å². The maximum absolute atomic E-state index is 13.2. The summed E-state index contributed by atoms with van der Waals surface area (Å²) in [6, 6.07) is -2.09. The van der Waals surface area contributed by atoms with Gasteiger partial charge < -0.3 is 20.3 Å². The monoisotopic (exact) mass is 444 g/mol. The molecular formula is C22H28N4O4S. The lowest BCUT2D eigenvalue weighted by Gasteiger charge is -2.32.